The molecule has 0 aliphatic carbocycles. The highest BCUT2D eigenvalue weighted by atomic mass is 15.0. The molecule has 0 spiro atoms. The van der Waals surface area contributed by atoms with Gasteiger partial charge in [-0.05, 0) is 32.3 Å². The van der Waals surface area contributed by atoms with Crippen molar-refractivity contribution in [3.8, 4) is 11.4 Å². The summed E-state index contributed by atoms with van der Waals surface area (Å²) in [5.41, 5.74) is 2.63. The summed E-state index contributed by atoms with van der Waals surface area (Å²) in [6, 6.07) is 19.5. The molecule has 4 nitrogen and oxygen atoms in total. The molecule has 0 saturated heterocycles. The first-order valence-electron chi connectivity index (χ1n) is 8.21. The van der Waals surface area contributed by atoms with Crippen LogP contribution < -0.4 is 0 Å². The molecule has 0 amide bonds. The summed E-state index contributed by atoms with van der Waals surface area (Å²) in [6.45, 7) is 0. The van der Waals surface area contributed by atoms with Gasteiger partial charge < -0.3 is 4.98 Å². The van der Waals surface area contributed by atoms with Crippen LogP contribution in [-0.2, 0) is 0 Å². The maximum absolute atomic E-state index is 4.66. The van der Waals surface area contributed by atoms with E-state index < -0.39 is 0 Å². The minimum atomic E-state index is 0.690. The van der Waals surface area contributed by atoms with Gasteiger partial charge in [0, 0.05) is 5.56 Å². The molecule has 0 bridgehead atoms. The van der Waals surface area contributed by atoms with Crippen LogP contribution in [0, 0.1) is 0 Å². The van der Waals surface area contributed by atoms with Crippen LogP contribution in [0.5, 0.6) is 0 Å². The Bertz CT molecular complexity index is 1350. The lowest BCUT2D eigenvalue weighted by molar-refractivity contribution is 1.20. The maximum Gasteiger partial charge on any atom is 0.181 e. The van der Waals surface area contributed by atoms with E-state index in [1.54, 1.807) is 6.20 Å². The first-order valence-corrected chi connectivity index (χ1v) is 8.21. The second-order valence-electron chi connectivity index (χ2n) is 6.31. The average Bonchev–Trinajstić information content (AvgIpc) is 3.10. The normalized spacial score (nSPS) is 12.0. The zero-order valence-corrected chi connectivity index (χ0v) is 13.2. The highest BCUT2D eigenvalue weighted by Gasteiger charge is 2.14. The predicted octanol–water partition coefficient (Wildman–Crippen LogP) is 4.92. The lowest BCUT2D eigenvalue weighted by atomic mass is 9.92. The summed E-state index contributed by atoms with van der Waals surface area (Å²) in [4.78, 5) is 16.3. The fraction of sp³-hybridized carbons (Fsp3) is 0. The van der Waals surface area contributed by atoms with Crippen LogP contribution in [-0.4, -0.2) is 19.9 Å². The monoisotopic (exact) mass is 320 g/mol. The third-order valence-electron chi connectivity index (χ3n) is 4.95. The zero-order chi connectivity index (χ0) is 16.4. The summed E-state index contributed by atoms with van der Waals surface area (Å²) in [5.74, 6) is 0.827. The first kappa shape index (κ1) is 12.8. The molecule has 0 fully saturated rings. The van der Waals surface area contributed by atoms with Crippen LogP contribution in [0.15, 0.2) is 67.1 Å². The third kappa shape index (κ3) is 1.68. The van der Waals surface area contributed by atoms with Gasteiger partial charge >= 0.3 is 0 Å². The van der Waals surface area contributed by atoms with E-state index in [-0.39, 0.29) is 0 Å². The van der Waals surface area contributed by atoms with Crippen molar-refractivity contribution >= 4 is 43.5 Å². The SMILES string of the molecule is c1cc2ccc3ccc(-c4nc5ncncc5[nH]4)c4ccc(c1)c2c34. The number of imidazole rings is 1. The second kappa shape index (κ2) is 4.51. The van der Waals surface area contributed by atoms with Crippen molar-refractivity contribution in [2.75, 3.05) is 0 Å². The average molecular weight is 320 g/mol. The van der Waals surface area contributed by atoms with Gasteiger partial charge in [-0.15, -0.1) is 0 Å². The number of hydrogen-bond acceptors (Lipinski definition) is 3. The van der Waals surface area contributed by atoms with E-state index in [2.05, 4.69) is 74.5 Å². The van der Waals surface area contributed by atoms with E-state index in [4.69, 9.17) is 0 Å². The topological polar surface area (TPSA) is 54.5 Å². The molecule has 0 aliphatic rings. The zero-order valence-electron chi connectivity index (χ0n) is 13.2. The first-order chi connectivity index (χ1) is 12.4. The highest BCUT2D eigenvalue weighted by molar-refractivity contribution is 6.25. The van der Waals surface area contributed by atoms with Crippen molar-refractivity contribution in [1.29, 1.82) is 0 Å². The summed E-state index contributed by atoms with van der Waals surface area (Å²) in [6.07, 6.45) is 3.28. The van der Waals surface area contributed by atoms with Gasteiger partial charge in [-0.2, -0.15) is 0 Å². The smallest absolute Gasteiger partial charge is 0.181 e. The quantitative estimate of drug-likeness (QED) is 0.438. The molecular weight excluding hydrogens is 308 g/mol. The van der Waals surface area contributed by atoms with Gasteiger partial charge in [0.25, 0.3) is 0 Å². The molecule has 2 aromatic heterocycles. The Morgan fingerprint density at radius 1 is 0.760 bits per heavy atom. The van der Waals surface area contributed by atoms with Crippen molar-refractivity contribution in [3.05, 3.63) is 67.1 Å². The molecule has 0 unspecified atom stereocenters. The molecule has 0 radical (unpaired) electrons. The molecule has 0 atom stereocenters. The minimum absolute atomic E-state index is 0.690. The number of nitrogens with zero attached hydrogens (tertiary/aromatic N) is 3. The van der Waals surface area contributed by atoms with Gasteiger partial charge in [-0.3, -0.25) is 0 Å². The Morgan fingerprint density at radius 2 is 1.52 bits per heavy atom. The van der Waals surface area contributed by atoms with Crippen molar-refractivity contribution in [2.24, 2.45) is 0 Å². The Hall–Kier alpha value is -3.53. The number of aromatic amines is 1. The predicted molar refractivity (Wildman–Crippen MR) is 101 cm³/mol. The second-order valence-corrected chi connectivity index (χ2v) is 6.31. The number of benzene rings is 4. The van der Waals surface area contributed by atoms with Crippen LogP contribution >= 0.6 is 0 Å². The molecule has 0 saturated carbocycles. The van der Waals surface area contributed by atoms with Crippen LogP contribution in [0.1, 0.15) is 0 Å². The lowest BCUT2D eigenvalue weighted by Crippen LogP contribution is -1.88. The molecule has 6 rings (SSSR count). The van der Waals surface area contributed by atoms with Gasteiger partial charge in [-0.1, -0.05) is 54.6 Å². The van der Waals surface area contributed by atoms with Gasteiger partial charge in [0.2, 0.25) is 0 Å². The third-order valence-corrected chi connectivity index (χ3v) is 4.95. The molecular formula is C21H12N4. The summed E-state index contributed by atoms with van der Waals surface area (Å²) >= 11 is 0. The Morgan fingerprint density at radius 3 is 2.36 bits per heavy atom. The Labute approximate surface area is 142 Å². The number of fused-ring (bicyclic) bond motifs is 1. The summed E-state index contributed by atoms with van der Waals surface area (Å²) in [7, 11) is 0. The molecule has 4 aromatic carbocycles. The van der Waals surface area contributed by atoms with Crippen LogP contribution in [0.3, 0.4) is 0 Å². The van der Waals surface area contributed by atoms with E-state index >= 15 is 0 Å². The fourth-order valence-corrected chi connectivity index (χ4v) is 3.83. The highest BCUT2D eigenvalue weighted by Crippen LogP contribution is 2.38. The Balaban J connectivity index is 1.78. The molecule has 2 heterocycles. The maximum atomic E-state index is 4.66. The number of H-pyrrole nitrogens is 1. The summed E-state index contributed by atoms with van der Waals surface area (Å²) in [5, 5.41) is 7.59. The largest absolute Gasteiger partial charge is 0.335 e. The molecule has 6 aromatic rings. The van der Waals surface area contributed by atoms with Gasteiger partial charge in [0.15, 0.2) is 5.65 Å². The minimum Gasteiger partial charge on any atom is -0.335 e. The van der Waals surface area contributed by atoms with E-state index in [1.165, 1.54) is 38.6 Å². The van der Waals surface area contributed by atoms with E-state index in [1.807, 2.05) is 0 Å². The standard InChI is InChI=1S/C21H12N4/c1-2-12-4-5-14-7-9-16(15-8-6-13(3-1)18(12)19(14)15)20-24-17-10-22-11-23-21(17)25-20/h1-11H,(H,22,23,24,25). The number of rotatable bonds is 1. The molecule has 25 heavy (non-hydrogen) atoms. The van der Waals surface area contributed by atoms with Crippen LogP contribution in [0.4, 0.5) is 0 Å². The van der Waals surface area contributed by atoms with Crippen molar-refractivity contribution in [1.82, 2.24) is 19.9 Å². The van der Waals surface area contributed by atoms with E-state index in [0.29, 0.717) is 5.65 Å². The van der Waals surface area contributed by atoms with Crippen molar-refractivity contribution in [3.63, 3.8) is 0 Å². The number of aromatic nitrogens is 4. The number of hydrogen-bond donors (Lipinski definition) is 1. The fourth-order valence-electron chi connectivity index (χ4n) is 3.83. The van der Waals surface area contributed by atoms with Gasteiger partial charge in [0.05, 0.1) is 6.20 Å². The van der Waals surface area contributed by atoms with Crippen LogP contribution in [0.2, 0.25) is 0 Å². The summed E-state index contributed by atoms with van der Waals surface area (Å²) < 4.78 is 0. The van der Waals surface area contributed by atoms with Gasteiger partial charge in [0.1, 0.15) is 17.7 Å². The number of nitrogens with one attached hydrogen (secondary N) is 1. The van der Waals surface area contributed by atoms with E-state index in [9.17, 15) is 0 Å². The van der Waals surface area contributed by atoms with Crippen molar-refractivity contribution in [2.45, 2.75) is 0 Å². The molecule has 116 valence electrons. The Kier molecular flexibility index (Phi) is 2.32. The van der Waals surface area contributed by atoms with Gasteiger partial charge in [-0.25, -0.2) is 15.0 Å². The van der Waals surface area contributed by atoms with E-state index in [0.717, 1.165) is 16.9 Å². The molecule has 1 N–H and O–H groups in total. The lowest BCUT2D eigenvalue weighted by Gasteiger charge is -2.12. The van der Waals surface area contributed by atoms with Crippen LogP contribution in [0.25, 0.3) is 54.9 Å². The molecule has 4 heteroatoms. The molecule has 0 aliphatic heterocycles. The van der Waals surface area contributed by atoms with Crippen molar-refractivity contribution < 1.29 is 0 Å².